The Labute approximate surface area is 153 Å². The highest BCUT2D eigenvalue weighted by Crippen LogP contribution is 2.33. The van der Waals surface area contributed by atoms with Crippen LogP contribution in [0.15, 0.2) is 51.7 Å². The summed E-state index contributed by atoms with van der Waals surface area (Å²) in [4.78, 5) is 31.0. The van der Waals surface area contributed by atoms with Crippen molar-refractivity contribution < 1.29 is 14.1 Å². The second-order valence-corrected chi connectivity index (χ2v) is 6.75. The van der Waals surface area contributed by atoms with Crippen molar-refractivity contribution in [3.63, 3.8) is 0 Å². The van der Waals surface area contributed by atoms with Crippen molar-refractivity contribution >= 4 is 23.3 Å². The van der Waals surface area contributed by atoms with Crippen LogP contribution in [0.4, 0.5) is 4.79 Å². The lowest BCUT2D eigenvalue weighted by molar-refractivity contribution is -0.132. The van der Waals surface area contributed by atoms with Gasteiger partial charge in [0.15, 0.2) is 0 Å². The number of rotatable bonds is 5. The molecule has 0 spiro atoms. The summed E-state index contributed by atoms with van der Waals surface area (Å²) in [6.45, 7) is 1.81. The first-order chi connectivity index (χ1) is 12.6. The molecular weight excluding hydrogens is 352 g/mol. The number of benzene rings is 1. The summed E-state index contributed by atoms with van der Waals surface area (Å²) < 4.78 is 5.22. The number of nitrogens with one attached hydrogen (secondary N) is 1. The molecule has 1 aromatic carbocycles. The van der Waals surface area contributed by atoms with E-state index < -0.39 is 11.6 Å². The van der Waals surface area contributed by atoms with E-state index in [0.717, 1.165) is 16.0 Å². The van der Waals surface area contributed by atoms with Crippen molar-refractivity contribution in [2.45, 2.75) is 25.4 Å². The molecule has 132 valence electrons. The normalized spacial score (nSPS) is 19.8. The Morgan fingerprint density at radius 3 is 2.73 bits per heavy atom. The maximum absolute atomic E-state index is 13.1. The average molecular weight is 368 g/mol. The monoisotopic (exact) mass is 368 g/mol. The zero-order chi connectivity index (χ0) is 18.1. The minimum Gasteiger partial charge on any atom is -0.337 e. The zero-order valence-corrected chi connectivity index (χ0v) is 14.8. The molecule has 0 radical (unpaired) electrons. The number of amides is 3. The van der Waals surface area contributed by atoms with Gasteiger partial charge in [-0.25, -0.2) is 4.79 Å². The van der Waals surface area contributed by atoms with E-state index in [-0.39, 0.29) is 18.3 Å². The lowest BCUT2D eigenvalue weighted by Crippen LogP contribution is -2.43. The Morgan fingerprint density at radius 1 is 1.23 bits per heavy atom. The van der Waals surface area contributed by atoms with Gasteiger partial charge in [0.05, 0.1) is 0 Å². The Bertz CT molecular complexity index is 939. The van der Waals surface area contributed by atoms with Crippen LogP contribution in [-0.2, 0) is 16.9 Å². The molecule has 7 nitrogen and oxygen atoms in total. The van der Waals surface area contributed by atoms with E-state index in [2.05, 4.69) is 15.5 Å². The van der Waals surface area contributed by atoms with Gasteiger partial charge < -0.3 is 9.84 Å². The van der Waals surface area contributed by atoms with Crippen molar-refractivity contribution in [2.75, 3.05) is 0 Å². The first-order valence-electron chi connectivity index (χ1n) is 8.19. The van der Waals surface area contributed by atoms with Crippen molar-refractivity contribution in [3.8, 4) is 11.4 Å². The first kappa shape index (κ1) is 16.5. The molecular formula is C18H16N4O3S. The topological polar surface area (TPSA) is 88.3 Å². The summed E-state index contributed by atoms with van der Waals surface area (Å²) in [5.74, 6) is 0.347. The third kappa shape index (κ3) is 2.59. The van der Waals surface area contributed by atoms with Gasteiger partial charge in [-0.1, -0.05) is 42.4 Å². The van der Waals surface area contributed by atoms with E-state index in [1.165, 1.54) is 11.3 Å². The predicted octanol–water partition coefficient (Wildman–Crippen LogP) is 3.16. The molecule has 2 aromatic heterocycles. The van der Waals surface area contributed by atoms with Crippen LogP contribution in [-0.4, -0.2) is 27.0 Å². The van der Waals surface area contributed by atoms with Crippen LogP contribution in [0.1, 0.15) is 24.8 Å². The molecule has 0 aliphatic carbocycles. The number of carbonyl (C=O) groups is 2. The average Bonchev–Trinajstić information content (AvgIpc) is 3.39. The van der Waals surface area contributed by atoms with Crippen molar-refractivity contribution in [2.24, 2.45) is 0 Å². The first-order valence-corrected chi connectivity index (χ1v) is 9.13. The quantitative estimate of drug-likeness (QED) is 0.699. The van der Waals surface area contributed by atoms with Gasteiger partial charge in [0.25, 0.3) is 5.91 Å². The number of nitrogens with zero attached hydrogens (tertiary/aromatic N) is 3. The molecule has 8 heteroatoms. The molecule has 1 aliphatic rings. The molecule has 0 unspecified atom stereocenters. The lowest BCUT2D eigenvalue weighted by Gasteiger charge is -2.25. The van der Waals surface area contributed by atoms with Crippen LogP contribution in [0.25, 0.3) is 11.4 Å². The minimum absolute atomic E-state index is 0.0591. The second kappa shape index (κ2) is 6.38. The highest BCUT2D eigenvalue weighted by atomic mass is 32.1. The van der Waals surface area contributed by atoms with E-state index in [9.17, 15) is 9.59 Å². The van der Waals surface area contributed by atoms with E-state index in [1.54, 1.807) is 0 Å². The molecule has 3 amide bonds. The number of aromatic nitrogens is 2. The molecule has 1 N–H and O–H groups in total. The van der Waals surface area contributed by atoms with Gasteiger partial charge in [0.2, 0.25) is 11.7 Å². The van der Waals surface area contributed by atoms with Crippen LogP contribution in [0.2, 0.25) is 0 Å². The Hall–Kier alpha value is -3.00. The lowest BCUT2D eigenvalue weighted by atomic mass is 9.87. The van der Waals surface area contributed by atoms with Gasteiger partial charge in [-0.3, -0.25) is 9.69 Å². The number of hydrogen-bond acceptors (Lipinski definition) is 6. The summed E-state index contributed by atoms with van der Waals surface area (Å²) in [5.41, 5.74) is 0.538. The fourth-order valence-electron chi connectivity index (χ4n) is 3.10. The molecule has 1 aliphatic heterocycles. The number of thiophene rings is 1. The zero-order valence-electron chi connectivity index (χ0n) is 14.0. The van der Waals surface area contributed by atoms with Gasteiger partial charge in [-0.05, 0) is 23.4 Å². The maximum Gasteiger partial charge on any atom is 0.325 e. The fraction of sp³-hybridized carbons (Fsp3) is 0.222. The van der Waals surface area contributed by atoms with Gasteiger partial charge >= 0.3 is 6.03 Å². The van der Waals surface area contributed by atoms with Crippen LogP contribution < -0.4 is 5.32 Å². The summed E-state index contributed by atoms with van der Waals surface area (Å²) in [7, 11) is 0. The summed E-state index contributed by atoms with van der Waals surface area (Å²) in [6.07, 6.45) is 0.447. The molecule has 4 rings (SSSR count). The van der Waals surface area contributed by atoms with Crippen LogP contribution in [0.5, 0.6) is 0 Å². The SMILES string of the molecule is CC[C@]1(c2ccccc2)NC(=O)N(Cc2nc(-c3ccsc3)no2)C1=O. The van der Waals surface area contributed by atoms with Crippen molar-refractivity contribution in [1.29, 1.82) is 0 Å². The number of carbonyl (C=O) groups excluding carboxylic acids is 2. The molecule has 0 bridgehead atoms. The molecule has 0 saturated carbocycles. The fourth-order valence-corrected chi connectivity index (χ4v) is 3.73. The predicted molar refractivity (Wildman–Crippen MR) is 95.1 cm³/mol. The van der Waals surface area contributed by atoms with Crippen LogP contribution in [0.3, 0.4) is 0 Å². The Morgan fingerprint density at radius 2 is 2.04 bits per heavy atom. The summed E-state index contributed by atoms with van der Waals surface area (Å²) in [6, 6.07) is 10.7. The van der Waals surface area contributed by atoms with Crippen molar-refractivity contribution in [1.82, 2.24) is 20.4 Å². The third-order valence-corrected chi connectivity index (χ3v) is 5.20. The number of urea groups is 1. The minimum atomic E-state index is -1.06. The number of imide groups is 1. The molecule has 1 fully saturated rings. The third-order valence-electron chi connectivity index (χ3n) is 4.51. The highest BCUT2D eigenvalue weighted by Gasteiger charge is 2.51. The van der Waals surface area contributed by atoms with E-state index in [0.29, 0.717) is 12.2 Å². The van der Waals surface area contributed by atoms with Crippen LogP contribution in [0, 0.1) is 0 Å². The molecule has 3 aromatic rings. The maximum atomic E-state index is 13.1. The molecule has 3 heterocycles. The van der Waals surface area contributed by atoms with E-state index >= 15 is 0 Å². The molecule has 1 saturated heterocycles. The summed E-state index contributed by atoms with van der Waals surface area (Å²) >= 11 is 1.53. The van der Waals surface area contributed by atoms with Crippen molar-refractivity contribution in [3.05, 3.63) is 58.6 Å². The van der Waals surface area contributed by atoms with E-state index in [1.807, 2.05) is 54.1 Å². The highest BCUT2D eigenvalue weighted by molar-refractivity contribution is 7.08. The van der Waals surface area contributed by atoms with E-state index in [4.69, 9.17) is 4.52 Å². The van der Waals surface area contributed by atoms with Gasteiger partial charge in [0, 0.05) is 10.9 Å². The standard InChI is InChI=1S/C18H16N4O3S/c1-2-18(13-6-4-3-5-7-13)16(23)22(17(24)20-18)10-14-19-15(21-25-14)12-8-9-26-11-12/h3-9,11H,2,10H2,1H3,(H,20,24)/t18-/m1/s1. The largest absolute Gasteiger partial charge is 0.337 e. The van der Waals surface area contributed by atoms with Gasteiger partial charge in [-0.2, -0.15) is 16.3 Å². The summed E-state index contributed by atoms with van der Waals surface area (Å²) in [5, 5.41) is 10.6. The van der Waals surface area contributed by atoms with Gasteiger partial charge in [0.1, 0.15) is 12.1 Å². The number of hydrogen-bond donors (Lipinski definition) is 1. The Balaban J connectivity index is 1.60. The van der Waals surface area contributed by atoms with Crippen LogP contribution >= 0.6 is 11.3 Å². The second-order valence-electron chi connectivity index (χ2n) is 5.97. The molecule has 1 atom stereocenters. The Kier molecular flexibility index (Phi) is 4.04. The smallest absolute Gasteiger partial charge is 0.325 e. The molecule has 26 heavy (non-hydrogen) atoms. The van der Waals surface area contributed by atoms with Gasteiger partial charge in [-0.15, -0.1) is 0 Å².